The summed E-state index contributed by atoms with van der Waals surface area (Å²) >= 11 is 6.29. The average Bonchev–Trinajstić information content (AvgIpc) is 3.65. The van der Waals surface area contributed by atoms with Gasteiger partial charge in [-0.1, -0.05) is 11.6 Å². The van der Waals surface area contributed by atoms with Gasteiger partial charge in [-0.2, -0.15) is 4.68 Å². The minimum atomic E-state index is -0.868. The van der Waals surface area contributed by atoms with Crippen molar-refractivity contribution in [2.75, 3.05) is 0 Å². The van der Waals surface area contributed by atoms with Crippen molar-refractivity contribution in [3.05, 3.63) is 94.0 Å². The van der Waals surface area contributed by atoms with Gasteiger partial charge < -0.3 is 20.0 Å². The molecule has 0 fully saturated rings. The van der Waals surface area contributed by atoms with E-state index in [-0.39, 0.29) is 11.6 Å². The summed E-state index contributed by atoms with van der Waals surface area (Å²) in [4.78, 5) is 32.2. The van der Waals surface area contributed by atoms with Crippen molar-refractivity contribution in [1.29, 1.82) is 0 Å². The minimum absolute atomic E-state index is 0.136. The second-order valence-electron chi connectivity index (χ2n) is 8.54. The van der Waals surface area contributed by atoms with Crippen LogP contribution in [0.5, 0.6) is 5.75 Å². The van der Waals surface area contributed by atoms with Crippen LogP contribution in [0.3, 0.4) is 0 Å². The number of tetrazole rings is 1. The zero-order valence-electron chi connectivity index (χ0n) is 19.2. The highest BCUT2D eigenvalue weighted by Crippen LogP contribution is 2.34. The van der Waals surface area contributed by atoms with Crippen LogP contribution in [0.15, 0.2) is 71.9 Å². The number of nitrogens with zero attached hydrogens (tertiary/aromatic N) is 6. The van der Waals surface area contributed by atoms with E-state index in [2.05, 4.69) is 25.5 Å². The molecule has 3 N–H and O–H groups in total. The number of hydrogen-bond donors (Lipinski definition) is 2. The zero-order chi connectivity index (χ0) is 25.5. The number of benzene rings is 2. The summed E-state index contributed by atoms with van der Waals surface area (Å²) in [5.74, 6) is 1.05. The second-order valence-corrected chi connectivity index (χ2v) is 8.98. The van der Waals surface area contributed by atoms with Crippen LogP contribution in [0, 0.1) is 0 Å². The predicted octanol–water partition coefficient (Wildman–Crippen LogP) is 3.53. The van der Waals surface area contributed by atoms with E-state index in [0.29, 0.717) is 23.0 Å². The van der Waals surface area contributed by atoms with Gasteiger partial charge in [0.2, 0.25) is 0 Å². The fraction of sp³-hybridized carbons (Fsp3) is 0.120. The molecule has 12 heteroatoms. The summed E-state index contributed by atoms with van der Waals surface area (Å²) < 4.78 is 8.19. The Morgan fingerprint density at radius 2 is 1.95 bits per heavy atom. The molecule has 0 bridgehead atoms. The number of hydrogen-bond acceptors (Lipinski definition) is 7. The van der Waals surface area contributed by atoms with Gasteiger partial charge in [0.15, 0.2) is 0 Å². The van der Waals surface area contributed by atoms with E-state index < -0.39 is 6.09 Å². The Labute approximate surface area is 214 Å². The van der Waals surface area contributed by atoms with E-state index in [1.165, 1.54) is 11.0 Å². The first-order chi connectivity index (χ1) is 18.0. The average molecular weight is 515 g/mol. The first-order valence-electron chi connectivity index (χ1n) is 11.4. The van der Waals surface area contributed by atoms with Crippen LogP contribution in [-0.2, 0) is 6.42 Å². The van der Waals surface area contributed by atoms with E-state index in [4.69, 9.17) is 22.1 Å². The maximum Gasteiger partial charge on any atom is 0.409 e. The van der Waals surface area contributed by atoms with Gasteiger partial charge in [-0.25, -0.2) is 9.78 Å². The molecule has 11 nitrogen and oxygen atoms in total. The van der Waals surface area contributed by atoms with E-state index in [9.17, 15) is 9.59 Å². The highest BCUT2D eigenvalue weighted by molar-refractivity contribution is 6.31. The van der Waals surface area contributed by atoms with Crippen molar-refractivity contribution < 1.29 is 9.53 Å². The smallest absolute Gasteiger partial charge is 0.409 e. The number of halogens is 1. The van der Waals surface area contributed by atoms with E-state index in [0.717, 1.165) is 40.2 Å². The lowest BCUT2D eigenvalue weighted by atomic mass is 10.0. The number of aromatic nitrogens is 7. The third kappa shape index (κ3) is 4.25. The molecule has 1 amide bonds. The van der Waals surface area contributed by atoms with Crippen molar-refractivity contribution in [2.45, 2.75) is 18.9 Å². The number of carbonyl (C=O) groups excluding carboxylic acids is 1. The summed E-state index contributed by atoms with van der Waals surface area (Å²) in [7, 11) is 0. The van der Waals surface area contributed by atoms with Gasteiger partial charge in [0.25, 0.3) is 5.56 Å². The SMILES string of the molecule is NC(=O)Oc1ccc(-c2cnc([C@@H]3CCc4cc(-c5cc(Cl)ccc5-n5cnnn5)cc(=O)n43)[nH]2)cc1. The Morgan fingerprint density at radius 3 is 2.70 bits per heavy atom. The number of pyridine rings is 1. The van der Waals surface area contributed by atoms with Gasteiger partial charge in [-0.3, -0.25) is 4.79 Å². The molecule has 1 atom stereocenters. The maximum atomic E-state index is 13.4. The monoisotopic (exact) mass is 514 g/mol. The summed E-state index contributed by atoms with van der Waals surface area (Å²) in [5.41, 5.74) is 9.68. The number of amides is 1. The third-order valence-electron chi connectivity index (χ3n) is 6.29. The molecule has 37 heavy (non-hydrogen) atoms. The van der Waals surface area contributed by atoms with Gasteiger partial charge in [0.05, 0.1) is 23.6 Å². The number of aryl methyl sites for hydroxylation is 1. The third-order valence-corrected chi connectivity index (χ3v) is 6.53. The molecule has 1 aliphatic rings. The fourth-order valence-corrected chi connectivity index (χ4v) is 4.86. The fourth-order valence-electron chi connectivity index (χ4n) is 4.69. The highest BCUT2D eigenvalue weighted by Gasteiger charge is 2.28. The molecular formula is C25H19ClN8O3. The normalized spacial score (nSPS) is 14.5. The van der Waals surface area contributed by atoms with Crippen LogP contribution < -0.4 is 16.0 Å². The maximum absolute atomic E-state index is 13.4. The largest absolute Gasteiger partial charge is 0.411 e. The predicted molar refractivity (Wildman–Crippen MR) is 135 cm³/mol. The summed E-state index contributed by atoms with van der Waals surface area (Å²) in [5, 5.41) is 12.0. The van der Waals surface area contributed by atoms with E-state index in [1.807, 2.05) is 12.1 Å². The summed E-state index contributed by atoms with van der Waals surface area (Å²) in [6.45, 7) is 0. The van der Waals surface area contributed by atoms with E-state index >= 15 is 0 Å². The number of imidazole rings is 1. The number of carbonyl (C=O) groups is 1. The molecule has 1 aliphatic heterocycles. The molecule has 0 radical (unpaired) electrons. The second kappa shape index (κ2) is 9.03. The molecule has 0 saturated carbocycles. The first-order valence-corrected chi connectivity index (χ1v) is 11.8. The molecule has 0 saturated heterocycles. The topological polar surface area (TPSA) is 147 Å². The molecule has 184 valence electrons. The van der Waals surface area contributed by atoms with Gasteiger partial charge in [-0.05, 0) is 82.9 Å². The van der Waals surface area contributed by atoms with Gasteiger partial charge in [0.1, 0.15) is 17.9 Å². The zero-order valence-corrected chi connectivity index (χ0v) is 20.0. The van der Waals surface area contributed by atoms with Crippen LogP contribution >= 0.6 is 11.6 Å². The Morgan fingerprint density at radius 1 is 1.11 bits per heavy atom. The van der Waals surface area contributed by atoms with Crippen LogP contribution in [0.4, 0.5) is 4.79 Å². The van der Waals surface area contributed by atoms with Crippen molar-refractivity contribution in [2.24, 2.45) is 5.73 Å². The van der Waals surface area contributed by atoms with Gasteiger partial charge in [-0.15, -0.1) is 5.10 Å². The quantitative estimate of drug-likeness (QED) is 0.364. The Balaban J connectivity index is 1.32. The number of fused-ring (bicyclic) bond motifs is 1. The lowest BCUT2D eigenvalue weighted by molar-refractivity contribution is 0.211. The Kier molecular flexibility index (Phi) is 5.53. The minimum Gasteiger partial charge on any atom is -0.411 e. The van der Waals surface area contributed by atoms with Crippen LogP contribution in [0.25, 0.3) is 28.1 Å². The number of nitrogens with two attached hydrogens (primary N) is 1. The number of rotatable bonds is 5. The standard InChI is InChI=1S/C25H19ClN8O3/c26-16-3-7-21(33-13-29-31-32-33)19(11-16)15-9-17-4-8-22(34(17)23(35)10-15)24-28-12-20(30-24)14-1-5-18(6-2-14)37-25(27)36/h1-3,5-7,9-13,22H,4,8H2,(H2,27,36)(H,28,30)/t22-/m0/s1. The number of H-pyrrole nitrogens is 1. The molecule has 2 aromatic carbocycles. The molecule has 4 heterocycles. The lowest BCUT2D eigenvalue weighted by Gasteiger charge is -2.15. The highest BCUT2D eigenvalue weighted by atomic mass is 35.5. The molecule has 3 aromatic heterocycles. The van der Waals surface area contributed by atoms with Crippen LogP contribution in [0.2, 0.25) is 5.02 Å². The van der Waals surface area contributed by atoms with E-state index in [1.54, 1.807) is 53.2 Å². The Hall–Kier alpha value is -4.77. The molecule has 5 aromatic rings. The van der Waals surface area contributed by atoms with Gasteiger partial charge >= 0.3 is 6.09 Å². The Bertz CT molecular complexity index is 1680. The van der Waals surface area contributed by atoms with Gasteiger partial charge in [0, 0.05) is 22.3 Å². The van der Waals surface area contributed by atoms with Crippen molar-refractivity contribution in [3.8, 4) is 33.8 Å². The molecular weight excluding hydrogens is 496 g/mol. The number of ether oxygens (including phenoxy) is 1. The van der Waals surface area contributed by atoms with Crippen LogP contribution in [-0.4, -0.2) is 40.8 Å². The number of nitrogens with one attached hydrogen (secondary N) is 1. The summed E-state index contributed by atoms with van der Waals surface area (Å²) in [6, 6.07) is 15.6. The number of aromatic amines is 1. The molecule has 0 aliphatic carbocycles. The molecule has 0 unspecified atom stereocenters. The first kappa shape index (κ1) is 22.7. The van der Waals surface area contributed by atoms with Crippen molar-refractivity contribution in [1.82, 2.24) is 34.7 Å². The molecule has 6 rings (SSSR count). The summed E-state index contributed by atoms with van der Waals surface area (Å²) in [6.07, 6.45) is 3.79. The number of primary amides is 1. The lowest BCUT2D eigenvalue weighted by Crippen LogP contribution is -2.23. The van der Waals surface area contributed by atoms with Crippen molar-refractivity contribution >= 4 is 17.7 Å². The van der Waals surface area contributed by atoms with Crippen molar-refractivity contribution in [3.63, 3.8) is 0 Å². The molecule has 0 spiro atoms. The van der Waals surface area contributed by atoms with Crippen LogP contribution in [0.1, 0.15) is 24.0 Å².